The summed E-state index contributed by atoms with van der Waals surface area (Å²) in [5.41, 5.74) is 3.54. The van der Waals surface area contributed by atoms with Crippen LogP contribution in [0, 0.1) is 0 Å². The van der Waals surface area contributed by atoms with Crippen molar-refractivity contribution in [2.24, 2.45) is 0 Å². The number of anilines is 2. The fraction of sp³-hybridized carbons (Fsp3) is 0.378. The average molecular weight is 717 g/mol. The molecule has 0 unspecified atom stereocenters. The maximum Gasteiger partial charge on any atom is 0.337 e. The second-order valence-electron chi connectivity index (χ2n) is 12.8. The Balaban J connectivity index is 1.26. The number of ether oxygens (including phenoxy) is 1. The Morgan fingerprint density at radius 3 is 2.26 bits per heavy atom. The van der Waals surface area contributed by atoms with Crippen LogP contribution in [-0.4, -0.2) is 95.6 Å². The molecule has 11 nitrogen and oxygen atoms in total. The lowest BCUT2D eigenvalue weighted by Gasteiger charge is -2.33. The van der Waals surface area contributed by atoms with E-state index < -0.39 is 16.0 Å². The number of likely N-dealkylation sites (tertiary alicyclic amines) is 1. The van der Waals surface area contributed by atoms with Gasteiger partial charge in [0, 0.05) is 52.5 Å². The molecule has 2 aliphatic heterocycles. The van der Waals surface area contributed by atoms with Crippen molar-refractivity contribution in [1.29, 1.82) is 0 Å². The van der Waals surface area contributed by atoms with Crippen molar-refractivity contribution in [3.8, 4) is 10.4 Å². The zero-order chi connectivity index (χ0) is 35.3. The number of hydrogen-bond donors (Lipinski definition) is 1. The highest BCUT2D eigenvalue weighted by molar-refractivity contribution is 7.93. The van der Waals surface area contributed by atoms with Crippen LogP contribution in [0.3, 0.4) is 0 Å². The van der Waals surface area contributed by atoms with E-state index in [-0.39, 0.29) is 15.7 Å². The third-order valence-electron chi connectivity index (χ3n) is 9.38. The van der Waals surface area contributed by atoms with Crippen LogP contribution in [0.4, 0.5) is 11.5 Å². The van der Waals surface area contributed by atoms with Crippen molar-refractivity contribution in [2.75, 3.05) is 69.7 Å². The molecule has 0 aliphatic carbocycles. The van der Waals surface area contributed by atoms with E-state index in [4.69, 9.17) is 4.74 Å². The highest BCUT2D eigenvalue weighted by atomic mass is 32.2. The van der Waals surface area contributed by atoms with Gasteiger partial charge in [0.15, 0.2) is 0 Å². The number of likely N-dealkylation sites (N-methyl/N-ethyl adjacent to an activating group) is 1. The molecule has 4 aromatic rings. The lowest BCUT2D eigenvalue weighted by Crippen LogP contribution is -2.44. The Kier molecular flexibility index (Phi) is 11.2. The first-order valence-corrected chi connectivity index (χ1v) is 19.2. The summed E-state index contributed by atoms with van der Waals surface area (Å²) >= 11 is 1.14. The minimum atomic E-state index is -4.15. The number of piperidine rings is 1. The Hall–Kier alpha value is -4.30. The summed E-state index contributed by atoms with van der Waals surface area (Å²) in [7, 11) is 0.687. The molecule has 2 aromatic heterocycles. The molecule has 0 bridgehead atoms. The Labute approximate surface area is 298 Å². The van der Waals surface area contributed by atoms with E-state index in [2.05, 4.69) is 44.2 Å². The van der Waals surface area contributed by atoms with Gasteiger partial charge in [0.2, 0.25) is 0 Å². The van der Waals surface area contributed by atoms with E-state index >= 15 is 0 Å². The van der Waals surface area contributed by atoms with E-state index in [1.54, 1.807) is 24.4 Å². The molecule has 264 valence electrons. The van der Waals surface area contributed by atoms with Crippen LogP contribution in [0.5, 0.6) is 0 Å². The number of nitrogens with one attached hydrogen (secondary N) is 1. The third-order valence-corrected chi connectivity index (χ3v) is 12.5. The highest BCUT2D eigenvalue weighted by Gasteiger charge is 2.30. The molecule has 50 heavy (non-hydrogen) atoms. The van der Waals surface area contributed by atoms with Crippen LogP contribution in [-0.2, 0) is 27.8 Å². The fourth-order valence-corrected chi connectivity index (χ4v) is 9.06. The number of benzene rings is 2. The van der Waals surface area contributed by atoms with Gasteiger partial charge < -0.3 is 19.9 Å². The number of hydrogen-bond acceptors (Lipinski definition) is 10. The van der Waals surface area contributed by atoms with E-state index in [1.807, 2.05) is 18.2 Å². The maximum atomic E-state index is 14.3. The van der Waals surface area contributed by atoms with Gasteiger partial charge in [-0.1, -0.05) is 30.7 Å². The summed E-state index contributed by atoms with van der Waals surface area (Å²) in [6, 6.07) is 19.6. The molecule has 1 N–H and O–H groups in total. The number of carbonyl (C=O) groups excluding carboxylic acids is 2. The molecule has 6 rings (SSSR count). The monoisotopic (exact) mass is 716 g/mol. The molecule has 2 fully saturated rings. The van der Waals surface area contributed by atoms with Crippen molar-refractivity contribution in [2.45, 2.75) is 37.2 Å². The van der Waals surface area contributed by atoms with Gasteiger partial charge in [0.05, 0.1) is 28.1 Å². The zero-order valence-electron chi connectivity index (χ0n) is 28.8. The summed E-state index contributed by atoms with van der Waals surface area (Å²) in [6.45, 7) is 6.91. The molecule has 0 radical (unpaired) electrons. The normalized spacial score (nSPS) is 15.9. The van der Waals surface area contributed by atoms with Crippen LogP contribution in [0.25, 0.3) is 10.4 Å². The van der Waals surface area contributed by atoms with Gasteiger partial charge in [-0.25, -0.2) is 18.2 Å². The Bertz CT molecular complexity index is 1900. The minimum absolute atomic E-state index is 0.0183. The first kappa shape index (κ1) is 35.5. The summed E-state index contributed by atoms with van der Waals surface area (Å²) in [5.74, 6) is -0.109. The molecule has 2 saturated heterocycles. The summed E-state index contributed by atoms with van der Waals surface area (Å²) < 4.78 is 34.5. The van der Waals surface area contributed by atoms with Crippen LogP contribution in [0.15, 0.2) is 77.8 Å². The molecule has 0 atom stereocenters. The van der Waals surface area contributed by atoms with Crippen LogP contribution >= 0.6 is 11.3 Å². The molecule has 4 heterocycles. The van der Waals surface area contributed by atoms with Crippen molar-refractivity contribution in [3.05, 3.63) is 94.5 Å². The first-order chi connectivity index (χ1) is 24.1. The summed E-state index contributed by atoms with van der Waals surface area (Å²) in [6.07, 6.45) is 5.48. The molecular weight excluding hydrogens is 673 g/mol. The van der Waals surface area contributed by atoms with Crippen molar-refractivity contribution in [1.82, 2.24) is 20.1 Å². The van der Waals surface area contributed by atoms with Gasteiger partial charge in [-0.15, -0.1) is 11.3 Å². The van der Waals surface area contributed by atoms with Gasteiger partial charge in [-0.3, -0.25) is 14.0 Å². The second kappa shape index (κ2) is 15.7. The standard InChI is InChI=1S/C37H44N6O5S2/c1-40-19-21-43(22-20-40)34-23-30(15-16-38-34)35-33(50(46,47)41(2)31-13-11-29(12-14-31)37(45)48-3)24-32(49-35)36(44)39-25-27-7-9-28(10-8-27)26-42-17-5-4-6-18-42/h7-16,23-24H,4-6,17-22,25-26H2,1-3H3,(H,39,44). The number of aromatic nitrogens is 1. The van der Waals surface area contributed by atoms with Crippen molar-refractivity contribution >= 4 is 44.7 Å². The predicted molar refractivity (Wildman–Crippen MR) is 197 cm³/mol. The van der Waals surface area contributed by atoms with Gasteiger partial charge in [0.25, 0.3) is 15.9 Å². The van der Waals surface area contributed by atoms with Crippen molar-refractivity contribution in [3.63, 3.8) is 0 Å². The number of methoxy groups -OCH3 is 1. The molecule has 0 saturated carbocycles. The SMILES string of the molecule is COC(=O)c1ccc(N(C)S(=O)(=O)c2cc(C(=O)NCc3ccc(CN4CCCCC4)cc3)sc2-c2ccnc(N3CCN(C)CC3)c2)cc1. The van der Waals surface area contributed by atoms with Crippen LogP contribution < -0.4 is 14.5 Å². The quantitative estimate of drug-likeness (QED) is 0.212. The molecule has 2 aromatic carbocycles. The number of nitrogens with zero attached hydrogens (tertiary/aromatic N) is 5. The molecule has 13 heteroatoms. The number of esters is 1. The van der Waals surface area contributed by atoms with Gasteiger partial charge in [-0.2, -0.15) is 0 Å². The Morgan fingerprint density at radius 1 is 0.900 bits per heavy atom. The molecule has 1 amide bonds. The highest BCUT2D eigenvalue weighted by Crippen LogP contribution is 2.39. The summed E-state index contributed by atoms with van der Waals surface area (Å²) in [5, 5.41) is 2.99. The number of thiophene rings is 1. The molecule has 0 spiro atoms. The first-order valence-electron chi connectivity index (χ1n) is 16.9. The number of rotatable bonds is 11. The second-order valence-corrected chi connectivity index (χ2v) is 15.8. The van der Waals surface area contributed by atoms with Gasteiger partial charge in [-0.05, 0) is 92.1 Å². The van der Waals surface area contributed by atoms with Crippen LogP contribution in [0.1, 0.15) is 50.4 Å². The largest absolute Gasteiger partial charge is 0.465 e. The molecule has 2 aliphatic rings. The topological polar surface area (TPSA) is 115 Å². The van der Waals surface area contributed by atoms with Gasteiger partial charge >= 0.3 is 5.97 Å². The van der Waals surface area contributed by atoms with Gasteiger partial charge in [0.1, 0.15) is 10.7 Å². The Morgan fingerprint density at radius 2 is 1.58 bits per heavy atom. The smallest absolute Gasteiger partial charge is 0.337 e. The lowest BCUT2D eigenvalue weighted by molar-refractivity contribution is 0.0600. The average Bonchev–Trinajstić information content (AvgIpc) is 3.62. The van der Waals surface area contributed by atoms with E-state index in [0.717, 1.165) is 72.8 Å². The van der Waals surface area contributed by atoms with E-state index in [9.17, 15) is 18.0 Å². The number of sulfonamides is 1. The fourth-order valence-electron chi connectivity index (χ4n) is 6.27. The lowest BCUT2D eigenvalue weighted by atomic mass is 10.1. The van der Waals surface area contributed by atoms with Crippen LogP contribution in [0.2, 0.25) is 0 Å². The van der Waals surface area contributed by atoms with Crippen molar-refractivity contribution < 1.29 is 22.7 Å². The summed E-state index contributed by atoms with van der Waals surface area (Å²) in [4.78, 5) is 37.8. The van der Waals surface area contributed by atoms with E-state index in [0.29, 0.717) is 28.2 Å². The predicted octanol–water partition coefficient (Wildman–Crippen LogP) is 5.09. The molecular formula is C37H44N6O5S2. The number of carbonyl (C=O) groups is 2. The number of piperazine rings is 1. The minimum Gasteiger partial charge on any atom is -0.465 e. The third kappa shape index (κ3) is 8.18. The van der Waals surface area contributed by atoms with E-state index in [1.165, 1.54) is 57.2 Å². The zero-order valence-corrected chi connectivity index (χ0v) is 30.4. The number of pyridine rings is 1. The number of amides is 1. The maximum absolute atomic E-state index is 14.3.